The van der Waals surface area contributed by atoms with Gasteiger partial charge in [-0.3, -0.25) is 4.68 Å². The molecule has 0 saturated heterocycles. The minimum Gasteiger partial charge on any atom is -0.368 e. The van der Waals surface area contributed by atoms with Gasteiger partial charge in [-0.05, 0) is 31.2 Å². The van der Waals surface area contributed by atoms with Crippen molar-refractivity contribution in [3.05, 3.63) is 24.2 Å². The molecular formula is C14H21N5O. The van der Waals surface area contributed by atoms with Gasteiger partial charge in [0.1, 0.15) is 0 Å². The summed E-state index contributed by atoms with van der Waals surface area (Å²) in [6.45, 7) is 0. The molecule has 0 bridgehead atoms. The van der Waals surface area contributed by atoms with Crippen molar-refractivity contribution >= 4 is 0 Å². The number of aromatic nitrogens is 4. The maximum Gasteiger partial charge on any atom is 0.336 e. The third-order valence-electron chi connectivity index (χ3n) is 3.34. The van der Waals surface area contributed by atoms with E-state index in [1.807, 2.05) is 24.0 Å². The van der Waals surface area contributed by atoms with Crippen molar-refractivity contribution in [3.63, 3.8) is 0 Å². The molecule has 0 spiro atoms. The van der Waals surface area contributed by atoms with Crippen LogP contribution in [0.1, 0.15) is 26.0 Å². The summed E-state index contributed by atoms with van der Waals surface area (Å²) in [6.07, 6.45) is 7.27. The van der Waals surface area contributed by atoms with Crippen LogP contribution in [0.2, 0.25) is 0 Å². The fraction of sp³-hybridized carbons (Fsp3) is 0.500. The number of rotatable bonds is 5. The Morgan fingerprint density at radius 2 is 2.25 bits per heavy atom. The van der Waals surface area contributed by atoms with Gasteiger partial charge in [0.15, 0.2) is 0 Å². The summed E-state index contributed by atoms with van der Waals surface area (Å²) in [5.74, 6) is 0.809. The van der Waals surface area contributed by atoms with Crippen LogP contribution in [0.4, 0.5) is 0 Å². The largest absolute Gasteiger partial charge is 0.368 e. The molecule has 2 aromatic rings. The van der Waals surface area contributed by atoms with E-state index in [1.54, 1.807) is 13.2 Å². The van der Waals surface area contributed by atoms with Crippen molar-refractivity contribution in [2.24, 2.45) is 13.0 Å². The van der Waals surface area contributed by atoms with Crippen LogP contribution in [-0.4, -0.2) is 26.8 Å². The summed E-state index contributed by atoms with van der Waals surface area (Å²) in [5.41, 5.74) is 5.73. The third-order valence-corrected chi connectivity index (χ3v) is 3.34. The van der Waals surface area contributed by atoms with Crippen molar-refractivity contribution in [1.82, 2.24) is 25.2 Å². The molecular weight excluding hydrogens is 254 g/mol. The molecule has 0 radical (unpaired) electrons. The molecule has 20 heavy (non-hydrogen) atoms. The van der Waals surface area contributed by atoms with Crippen LogP contribution in [0.25, 0.3) is 11.3 Å². The standard InChI is InChI=1S/C13H17N5O.CH4/c1-14-19-13-15-6-5-11(17-13)10-8-16-18(2)12(10)7-9-3-4-9;/h5-6,8-9,14H,3-4,7H2,1-2H3;1H4. The first-order chi connectivity index (χ1) is 9.28. The molecule has 1 aliphatic rings. The minimum absolute atomic E-state index is 0. The highest BCUT2D eigenvalue weighted by Crippen LogP contribution is 2.35. The predicted molar refractivity (Wildman–Crippen MR) is 77.1 cm³/mol. The number of nitrogens with zero attached hydrogens (tertiary/aromatic N) is 4. The van der Waals surface area contributed by atoms with Gasteiger partial charge in [0.25, 0.3) is 0 Å². The van der Waals surface area contributed by atoms with E-state index in [2.05, 4.69) is 20.5 Å². The first-order valence-corrected chi connectivity index (χ1v) is 6.46. The summed E-state index contributed by atoms with van der Waals surface area (Å²) in [4.78, 5) is 13.5. The van der Waals surface area contributed by atoms with Gasteiger partial charge >= 0.3 is 6.01 Å². The summed E-state index contributed by atoms with van der Waals surface area (Å²) in [5, 5.41) is 4.35. The Morgan fingerprint density at radius 3 is 2.95 bits per heavy atom. The van der Waals surface area contributed by atoms with Gasteiger partial charge in [-0.25, -0.2) is 4.98 Å². The molecule has 0 amide bonds. The molecule has 6 nitrogen and oxygen atoms in total. The SMILES string of the molecule is C.CNOc1nccc(-c2cnn(C)c2CC2CC2)n1. The molecule has 0 aliphatic heterocycles. The molecule has 0 aromatic carbocycles. The number of hydrogen-bond donors (Lipinski definition) is 1. The Bertz CT molecular complexity index is 577. The maximum atomic E-state index is 5.11. The first kappa shape index (κ1) is 14.5. The number of hydrogen-bond acceptors (Lipinski definition) is 5. The van der Waals surface area contributed by atoms with Gasteiger partial charge in [-0.15, -0.1) is 0 Å². The Morgan fingerprint density at radius 1 is 1.45 bits per heavy atom. The average molecular weight is 275 g/mol. The normalized spacial score (nSPS) is 13.9. The molecule has 1 fully saturated rings. The van der Waals surface area contributed by atoms with E-state index in [0.29, 0.717) is 6.01 Å². The molecule has 1 N–H and O–H groups in total. The van der Waals surface area contributed by atoms with E-state index < -0.39 is 0 Å². The molecule has 3 rings (SSSR count). The molecule has 2 heterocycles. The van der Waals surface area contributed by atoms with Crippen LogP contribution >= 0.6 is 0 Å². The van der Waals surface area contributed by atoms with E-state index in [9.17, 15) is 0 Å². The van der Waals surface area contributed by atoms with Crippen LogP contribution in [0.5, 0.6) is 6.01 Å². The third kappa shape index (κ3) is 2.96. The Labute approximate surface area is 119 Å². The Balaban J connectivity index is 0.00000147. The van der Waals surface area contributed by atoms with E-state index in [0.717, 1.165) is 23.6 Å². The predicted octanol–water partition coefficient (Wildman–Crippen LogP) is 1.98. The maximum absolute atomic E-state index is 5.11. The van der Waals surface area contributed by atoms with Gasteiger partial charge in [0.05, 0.1) is 11.9 Å². The molecule has 108 valence electrons. The van der Waals surface area contributed by atoms with Crippen LogP contribution in [-0.2, 0) is 13.5 Å². The van der Waals surface area contributed by atoms with E-state index in [1.165, 1.54) is 18.5 Å². The molecule has 0 unspecified atom stereocenters. The zero-order chi connectivity index (χ0) is 13.2. The van der Waals surface area contributed by atoms with Crippen molar-refractivity contribution in [2.45, 2.75) is 26.7 Å². The minimum atomic E-state index is 0. The van der Waals surface area contributed by atoms with Gasteiger partial charge in [-0.1, -0.05) is 7.43 Å². The van der Waals surface area contributed by atoms with Gasteiger partial charge in [-0.2, -0.15) is 15.6 Å². The smallest absolute Gasteiger partial charge is 0.336 e. The van der Waals surface area contributed by atoms with E-state index >= 15 is 0 Å². The van der Waals surface area contributed by atoms with Crippen molar-refractivity contribution in [3.8, 4) is 17.3 Å². The van der Waals surface area contributed by atoms with Crippen LogP contribution in [0.15, 0.2) is 18.5 Å². The highest BCUT2D eigenvalue weighted by molar-refractivity contribution is 5.61. The lowest BCUT2D eigenvalue weighted by atomic mass is 10.1. The highest BCUT2D eigenvalue weighted by Gasteiger charge is 2.25. The lowest BCUT2D eigenvalue weighted by Gasteiger charge is -2.06. The van der Waals surface area contributed by atoms with Crippen LogP contribution < -0.4 is 10.3 Å². The summed E-state index contributed by atoms with van der Waals surface area (Å²) in [6, 6.07) is 2.21. The van der Waals surface area contributed by atoms with Gasteiger partial charge in [0, 0.05) is 31.5 Å². The molecule has 0 atom stereocenters. The van der Waals surface area contributed by atoms with Crippen LogP contribution in [0, 0.1) is 5.92 Å². The summed E-state index contributed by atoms with van der Waals surface area (Å²) in [7, 11) is 3.66. The fourth-order valence-corrected chi connectivity index (χ4v) is 2.15. The fourth-order valence-electron chi connectivity index (χ4n) is 2.15. The summed E-state index contributed by atoms with van der Waals surface area (Å²) >= 11 is 0. The molecule has 2 aromatic heterocycles. The second kappa shape index (κ2) is 6.00. The van der Waals surface area contributed by atoms with Crippen molar-refractivity contribution in [1.29, 1.82) is 0 Å². The lowest BCUT2D eigenvalue weighted by Crippen LogP contribution is -2.13. The quantitative estimate of drug-likeness (QED) is 0.845. The van der Waals surface area contributed by atoms with Crippen molar-refractivity contribution < 1.29 is 4.84 Å². The first-order valence-electron chi connectivity index (χ1n) is 6.46. The zero-order valence-corrected chi connectivity index (χ0v) is 11.1. The molecule has 6 heteroatoms. The van der Waals surface area contributed by atoms with E-state index in [-0.39, 0.29) is 7.43 Å². The number of nitrogens with one attached hydrogen (secondary N) is 1. The molecule has 1 saturated carbocycles. The monoisotopic (exact) mass is 275 g/mol. The number of aryl methyl sites for hydroxylation is 1. The van der Waals surface area contributed by atoms with Gasteiger partial charge in [0.2, 0.25) is 0 Å². The topological polar surface area (TPSA) is 64.9 Å². The Hall–Kier alpha value is -1.95. The van der Waals surface area contributed by atoms with Crippen molar-refractivity contribution in [2.75, 3.05) is 7.05 Å². The average Bonchev–Trinajstić information content (AvgIpc) is 3.15. The second-order valence-electron chi connectivity index (χ2n) is 4.81. The number of hydroxylamine groups is 1. The molecule has 1 aliphatic carbocycles. The highest BCUT2D eigenvalue weighted by atomic mass is 16.7. The van der Waals surface area contributed by atoms with E-state index in [4.69, 9.17) is 4.84 Å². The Kier molecular flexibility index (Phi) is 4.34. The van der Waals surface area contributed by atoms with Gasteiger partial charge < -0.3 is 4.84 Å². The summed E-state index contributed by atoms with van der Waals surface area (Å²) < 4.78 is 1.94. The zero-order valence-electron chi connectivity index (χ0n) is 11.1. The lowest BCUT2D eigenvalue weighted by molar-refractivity contribution is 0.204. The van der Waals surface area contributed by atoms with Crippen LogP contribution in [0.3, 0.4) is 0 Å². The second-order valence-corrected chi connectivity index (χ2v) is 4.81.